The highest BCUT2D eigenvalue weighted by atomic mass is 35.5. The molecule has 2 amide bonds. The predicted molar refractivity (Wildman–Crippen MR) is 66.9 cm³/mol. The number of hydrogen-bond donors (Lipinski definition) is 3. The van der Waals surface area contributed by atoms with Crippen molar-refractivity contribution in [3.63, 3.8) is 0 Å². The zero-order chi connectivity index (χ0) is 15.5. The zero-order valence-corrected chi connectivity index (χ0v) is 10.8. The number of halogens is 4. The minimum atomic E-state index is -4.69. The van der Waals surface area contributed by atoms with Gasteiger partial charge in [0.25, 0.3) is 0 Å². The Morgan fingerprint density at radius 1 is 1.35 bits per heavy atom. The van der Waals surface area contributed by atoms with E-state index in [0.29, 0.717) is 6.07 Å². The van der Waals surface area contributed by atoms with Crippen LogP contribution < -0.4 is 16.8 Å². The number of nitrogens with one attached hydrogen (secondary N) is 1. The average molecular weight is 310 g/mol. The maximum Gasteiger partial charge on any atom is 0.418 e. The van der Waals surface area contributed by atoms with Gasteiger partial charge in [0.05, 0.1) is 23.7 Å². The maximum atomic E-state index is 12.8. The van der Waals surface area contributed by atoms with Gasteiger partial charge in [-0.15, -0.1) is 0 Å². The second kappa shape index (κ2) is 6.10. The number of carbonyl (C=O) groups is 2. The van der Waals surface area contributed by atoms with Crippen LogP contribution in [0.15, 0.2) is 18.2 Å². The zero-order valence-electron chi connectivity index (χ0n) is 10.00. The Morgan fingerprint density at radius 3 is 2.45 bits per heavy atom. The van der Waals surface area contributed by atoms with Crippen molar-refractivity contribution in [2.24, 2.45) is 11.5 Å². The molecule has 0 saturated heterocycles. The number of alkyl halides is 3. The summed E-state index contributed by atoms with van der Waals surface area (Å²) >= 11 is 5.49. The van der Waals surface area contributed by atoms with Crippen LogP contribution in [-0.2, 0) is 15.8 Å². The normalized spacial score (nSPS) is 12.8. The van der Waals surface area contributed by atoms with Crippen LogP contribution in [0.2, 0.25) is 5.02 Å². The standard InChI is InChI=1S/C11H11ClF3N3O2/c12-5-1-2-8(6(3-5)11(13,14)15)18-10(20)7(16)4-9(17)19/h1-3,7H,4,16H2,(H2,17,19)(H,18,20). The molecule has 0 bridgehead atoms. The fourth-order valence-electron chi connectivity index (χ4n) is 1.39. The van der Waals surface area contributed by atoms with E-state index in [-0.39, 0.29) is 5.02 Å². The largest absolute Gasteiger partial charge is 0.418 e. The van der Waals surface area contributed by atoms with Crippen LogP contribution in [0.3, 0.4) is 0 Å². The molecule has 5 N–H and O–H groups in total. The van der Waals surface area contributed by atoms with E-state index in [4.69, 9.17) is 23.1 Å². The second-order valence-electron chi connectivity index (χ2n) is 3.95. The third kappa shape index (κ3) is 4.39. The maximum absolute atomic E-state index is 12.8. The Labute approximate surface area is 117 Å². The molecular formula is C11H11ClF3N3O2. The van der Waals surface area contributed by atoms with E-state index in [1.54, 1.807) is 0 Å². The van der Waals surface area contributed by atoms with Crippen LogP contribution in [0.25, 0.3) is 0 Å². The lowest BCUT2D eigenvalue weighted by Crippen LogP contribution is -2.39. The molecule has 0 aromatic heterocycles. The first-order chi connectivity index (χ1) is 9.11. The van der Waals surface area contributed by atoms with Gasteiger partial charge in [0.15, 0.2) is 0 Å². The number of primary amides is 1. The lowest BCUT2D eigenvalue weighted by molar-refractivity contribution is -0.137. The van der Waals surface area contributed by atoms with Gasteiger partial charge in [0.1, 0.15) is 0 Å². The summed E-state index contributed by atoms with van der Waals surface area (Å²) in [6.07, 6.45) is -5.16. The minimum Gasteiger partial charge on any atom is -0.370 e. The molecule has 0 radical (unpaired) electrons. The van der Waals surface area contributed by atoms with Crippen molar-refractivity contribution in [1.29, 1.82) is 0 Å². The van der Waals surface area contributed by atoms with E-state index in [0.717, 1.165) is 6.07 Å². The van der Waals surface area contributed by atoms with Crippen LogP contribution in [0.1, 0.15) is 12.0 Å². The highest BCUT2D eigenvalue weighted by Gasteiger charge is 2.34. The monoisotopic (exact) mass is 309 g/mol. The second-order valence-corrected chi connectivity index (χ2v) is 4.39. The molecule has 9 heteroatoms. The summed E-state index contributed by atoms with van der Waals surface area (Å²) in [5.74, 6) is -1.78. The van der Waals surface area contributed by atoms with Crippen LogP contribution >= 0.6 is 11.6 Å². The van der Waals surface area contributed by atoms with Gasteiger partial charge in [-0.3, -0.25) is 9.59 Å². The Balaban J connectivity index is 2.98. The molecular weight excluding hydrogens is 299 g/mol. The molecule has 1 aromatic carbocycles. The van der Waals surface area contributed by atoms with E-state index < -0.39 is 41.7 Å². The molecule has 0 fully saturated rings. The van der Waals surface area contributed by atoms with Gasteiger partial charge >= 0.3 is 6.18 Å². The number of amides is 2. The summed E-state index contributed by atoms with van der Waals surface area (Å²) in [7, 11) is 0. The molecule has 0 saturated carbocycles. The smallest absolute Gasteiger partial charge is 0.370 e. The minimum absolute atomic E-state index is 0.128. The fraction of sp³-hybridized carbons (Fsp3) is 0.273. The van der Waals surface area contributed by atoms with Crippen LogP contribution in [0, 0.1) is 0 Å². The van der Waals surface area contributed by atoms with Gasteiger partial charge in [-0.2, -0.15) is 13.2 Å². The molecule has 110 valence electrons. The number of anilines is 1. The van der Waals surface area contributed by atoms with E-state index in [9.17, 15) is 22.8 Å². The van der Waals surface area contributed by atoms with Gasteiger partial charge in [0.2, 0.25) is 11.8 Å². The van der Waals surface area contributed by atoms with E-state index in [1.165, 1.54) is 6.07 Å². The molecule has 5 nitrogen and oxygen atoms in total. The predicted octanol–water partition coefficient (Wildman–Crippen LogP) is 1.50. The van der Waals surface area contributed by atoms with Crippen molar-refractivity contribution in [2.45, 2.75) is 18.6 Å². The molecule has 1 rings (SSSR count). The summed E-state index contributed by atoms with van der Waals surface area (Å²) < 4.78 is 38.3. The summed E-state index contributed by atoms with van der Waals surface area (Å²) in [6.45, 7) is 0. The van der Waals surface area contributed by atoms with Gasteiger partial charge in [-0.1, -0.05) is 11.6 Å². The molecule has 0 spiro atoms. The molecule has 1 atom stereocenters. The van der Waals surface area contributed by atoms with E-state index >= 15 is 0 Å². The van der Waals surface area contributed by atoms with Crippen LogP contribution in [0.5, 0.6) is 0 Å². The Kier molecular flexibility index (Phi) is 4.96. The van der Waals surface area contributed by atoms with Gasteiger partial charge < -0.3 is 16.8 Å². The first-order valence-electron chi connectivity index (χ1n) is 5.32. The number of hydrogen-bond acceptors (Lipinski definition) is 3. The summed E-state index contributed by atoms with van der Waals surface area (Å²) in [5, 5.41) is 1.87. The van der Waals surface area contributed by atoms with Crippen LogP contribution in [0.4, 0.5) is 18.9 Å². The molecule has 0 aliphatic rings. The first-order valence-corrected chi connectivity index (χ1v) is 5.70. The highest BCUT2D eigenvalue weighted by Crippen LogP contribution is 2.36. The highest BCUT2D eigenvalue weighted by molar-refractivity contribution is 6.30. The van der Waals surface area contributed by atoms with Gasteiger partial charge in [0, 0.05) is 5.02 Å². The third-order valence-electron chi connectivity index (χ3n) is 2.30. The van der Waals surface area contributed by atoms with Gasteiger partial charge in [-0.25, -0.2) is 0 Å². The number of rotatable bonds is 4. The fourth-order valence-corrected chi connectivity index (χ4v) is 1.57. The van der Waals surface area contributed by atoms with E-state index in [2.05, 4.69) is 0 Å². The summed E-state index contributed by atoms with van der Waals surface area (Å²) in [6, 6.07) is 1.53. The Morgan fingerprint density at radius 2 is 1.95 bits per heavy atom. The third-order valence-corrected chi connectivity index (χ3v) is 2.54. The number of nitrogens with two attached hydrogens (primary N) is 2. The number of benzene rings is 1. The van der Waals surface area contributed by atoms with E-state index in [1.807, 2.05) is 5.32 Å². The molecule has 0 aliphatic heterocycles. The Bertz CT molecular complexity index is 534. The molecule has 0 heterocycles. The summed E-state index contributed by atoms with van der Waals surface area (Å²) in [5.41, 5.74) is 8.58. The quantitative estimate of drug-likeness (QED) is 0.786. The first kappa shape index (κ1) is 16.3. The van der Waals surface area contributed by atoms with Gasteiger partial charge in [-0.05, 0) is 18.2 Å². The summed E-state index contributed by atoms with van der Waals surface area (Å²) in [4.78, 5) is 22.2. The number of carbonyl (C=O) groups excluding carboxylic acids is 2. The lowest BCUT2D eigenvalue weighted by Gasteiger charge is -2.16. The van der Waals surface area contributed by atoms with Crippen molar-refractivity contribution >= 4 is 29.1 Å². The molecule has 0 aliphatic carbocycles. The molecule has 1 unspecified atom stereocenters. The lowest BCUT2D eigenvalue weighted by atomic mass is 10.1. The average Bonchev–Trinajstić information content (AvgIpc) is 2.29. The van der Waals surface area contributed by atoms with Crippen molar-refractivity contribution < 1.29 is 22.8 Å². The van der Waals surface area contributed by atoms with Crippen molar-refractivity contribution in [2.75, 3.05) is 5.32 Å². The van der Waals surface area contributed by atoms with Crippen molar-refractivity contribution in [1.82, 2.24) is 0 Å². The Hall–Kier alpha value is -1.80. The molecule has 1 aromatic rings. The molecule has 20 heavy (non-hydrogen) atoms. The SMILES string of the molecule is NC(=O)CC(N)C(=O)Nc1ccc(Cl)cc1C(F)(F)F. The van der Waals surface area contributed by atoms with Crippen molar-refractivity contribution in [3.05, 3.63) is 28.8 Å². The topological polar surface area (TPSA) is 98.2 Å². The van der Waals surface area contributed by atoms with Crippen LogP contribution in [-0.4, -0.2) is 17.9 Å². The van der Waals surface area contributed by atoms with Crippen molar-refractivity contribution in [3.8, 4) is 0 Å².